The van der Waals surface area contributed by atoms with E-state index in [9.17, 15) is 0 Å². The molecule has 0 atom stereocenters. The van der Waals surface area contributed by atoms with Crippen molar-refractivity contribution in [2.75, 3.05) is 5.73 Å². The molecule has 0 aliphatic heterocycles. The Kier molecular flexibility index (Phi) is 4.55. The maximum Gasteiger partial charge on any atom is 0.175 e. The number of nitrogens with zero attached hydrogens (tertiary/aromatic N) is 2. The van der Waals surface area contributed by atoms with Crippen LogP contribution in [-0.2, 0) is 0 Å². The molecule has 2 N–H and O–H groups in total. The van der Waals surface area contributed by atoms with E-state index in [-0.39, 0.29) is 0 Å². The second-order valence-corrected chi connectivity index (χ2v) is 4.82. The second kappa shape index (κ2) is 6.36. The average Bonchev–Trinajstić information content (AvgIpc) is 2.81. The zero-order chi connectivity index (χ0) is 13.7. The highest BCUT2D eigenvalue weighted by atomic mass is 16.5. The molecule has 0 saturated carbocycles. The van der Waals surface area contributed by atoms with E-state index in [2.05, 4.69) is 24.0 Å². The van der Waals surface area contributed by atoms with Gasteiger partial charge in [-0.2, -0.15) is 0 Å². The van der Waals surface area contributed by atoms with Crippen LogP contribution >= 0.6 is 0 Å². The van der Waals surface area contributed by atoms with Crippen molar-refractivity contribution in [3.05, 3.63) is 30.3 Å². The molecule has 2 aromatic heterocycles. The van der Waals surface area contributed by atoms with Gasteiger partial charge in [-0.15, -0.1) is 0 Å². The van der Waals surface area contributed by atoms with Crippen molar-refractivity contribution < 1.29 is 4.52 Å². The first-order valence-electron chi connectivity index (χ1n) is 6.93. The Morgan fingerprint density at radius 3 is 2.58 bits per heavy atom. The SMILES string of the molecule is CCCC(CCC)c1onc(N)c1-c1cccnc1. The van der Waals surface area contributed by atoms with Crippen LogP contribution in [0.25, 0.3) is 11.1 Å². The molecule has 0 spiro atoms. The Morgan fingerprint density at radius 1 is 1.26 bits per heavy atom. The summed E-state index contributed by atoms with van der Waals surface area (Å²) in [5.74, 6) is 1.75. The van der Waals surface area contributed by atoms with E-state index in [0.29, 0.717) is 11.7 Å². The minimum absolute atomic E-state index is 0.384. The molecule has 0 fully saturated rings. The van der Waals surface area contributed by atoms with Gasteiger partial charge in [-0.1, -0.05) is 37.9 Å². The van der Waals surface area contributed by atoms with E-state index >= 15 is 0 Å². The average molecular weight is 259 g/mol. The van der Waals surface area contributed by atoms with E-state index < -0.39 is 0 Å². The molecular formula is C15H21N3O. The van der Waals surface area contributed by atoms with Gasteiger partial charge in [0.25, 0.3) is 0 Å². The van der Waals surface area contributed by atoms with Gasteiger partial charge in [0.15, 0.2) is 5.82 Å². The minimum atomic E-state index is 0.384. The zero-order valence-corrected chi connectivity index (χ0v) is 11.6. The van der Waals surface area contributed by atoms with Crippen LogP contribution in [0.5, 0.6) is 0 Å². The van der Waals surface area contributed by atoms with Gasteiger partial charge in [-0.25, -0.2) is 0 Å². The maximum atomic E-state index is 5.97. The number of rotatable bonds is 6. The van der Waals surface area contributed by atoms with Crippen molar-refractivity contribution in [1.82, 2.24) is 10.1 Å². The van der Waals surface area contributed by atoms with Crippen LogP contribution in [0.3, 0.4) is 0 Å². The molecular weight excluding hydrogens is 238 g/mol. The molecule has 0 radical (unpaired) electrons. The third-order valence-electron chi connectivity index (χ3n) is 3.34. The first-order valence-corrected chi connectivity index (χ1v) is 6.93. The van der Waals surface area contributed by atoms with Crippen LogP contribution < -0.4 is 5.73 Å². The van der Waals surface area contributed by atoms with Gasteiger partial charge in [-0.05, 0) is 18.9 Å². The summed E-state index contributed by atoms with van der Waals surface area (Å²) in [5.41, 5.74) is 7.87. The van der Waals surface area contributed by atoms with E-state index in [1.54, 1.807) is 12.4 Å². The van der Waals surface area contributed by atoms with Gasteiger partial charge in [0.05, 0.1) is 5.56 Å². The Morgan fingerprint density at radius 2 is 2.00 bits per heavy atom. The van der Waals surface area contributed by atoms with Gasteiger partial charge < -0.3 is 10.3 Å². The molecule has 0 saturated heterocycles. The smallest absolute Gasteiger partial charge is 0.175 e. The van der Waals surface area contributed by atoms with Crippen LogP contribution in [0.2, 0.25) is 0 Å². The second-order valence-electron chi connectivity index (χ2n) is 4.82. The normalized spacial score (nSPS) is 11.1. The van der Waals surface area contributed by atoms with Crippen molar-refractivity contribution in [2.24, 2.45) is 0 Å². The summed E-state index contributed by atoms with van der Waals surface area (Å²) in [6.07, 6.45) is 7.99. The number of anilines is 1. The third-order valence-corrected chi connectivity index (χ3v) is 3.34. The lowest BCUT2D eigenvalue weighted by Crippen LogP contribution is -2.00. The first kappa shape index (κ1) is 13.6. The lowest BCUT2D eigenvalue weighted by molar-refractivity contribution is 0.346. The summed E-state index contributed by atoms with van der Waals surface area (Å²) in [4.78, 5) is 4.15. The van der Waals surface area contributed by atoms with E-state index in [4.69, 9.17) is 10.3 Å². The molecule has 2 heterocycles. The molecule has 0 aromatic carbocycles. The highest BCUT2D eigenvalue weighted by molar-refractivity contribution is 5.75. The van der Waals surface area contributed by atoms with Crippen molar-refractivity contribution in [2.45, 2.75) is 45.4 Å². The zero-order valence-electron chi connectivity index (χ0n) is 11.6. The summed E-state index contributed by atoms with van der Waals surface area (Å²) in [6, 6.07) is 3.90. The van der Waals surface area contributed by atoms with Crippen LogP contribution in [0, 0.1) is 0 Å². The Balaban J connectivity index is 2.41. The van der Waals surface area contributed by atoms with Crippen molar-refractivity contribution in [1.29, 1.82) is 0 Å². The Labute approximate surface area is 114 Å². The minimum Gasteiger partial charge on any atom is -0.380 e. The third kappa shape index (κ3) is 2.95. The summed E-state index contributed by atoms with van der Waals surface area (Å²) in [7, 11) is 0. The fourth-order valence-corrected chi connectivity index (χ4v) is 2.50. The van der Waals surface area contributed by atoms with Crippen molar-refractivity contribution in [3.63, 3.8) is 0 Å². The van der Waals surface area contributed by atoms with Crippen LogP contribution in [0.1, 0.15) is 51.2 Å². The van der Waals surface area contributed by atoms with E-state index in [1.807, 2.05) is 12.1 Å². The molecule has 0 aliphatic carbocycles. The number of hydrogen-bond acceptors (Lipinski definition) is 4. The molecule has 0 aliphatic rings. The highest BCUT2D eigenvalue weighted by Gasteiger charge is 2.23. The largest absolute Gasteiger partial charge is 0.380 e. The van der Waals surface area contributed by atoms with Crippen LogP contribution in [0.15, 0.2) is 29.0 Å². The number of hydrogen-bond donors (Lipinski definition) is 1. The van der Waals surface area contributed by atoms with E-state index in [0.717, 1.165) is 42.6 Å². The molecule has 0 bridgehead atoms. The summed E-state index contributed by atoms with van der Waals surface area (Å²) < 4.78 is 5.51. The predicted molar refractivity (Wildman–Crippen MR) is 76.7 cm³/mol. The summed E-state index contributed by atoms with van der Waals surface area (Å²) >= 11 is 0. The van der Waals surface area contributed by atoms with Crippen LogP contribution in [-0.4, -0.2) is 10.1 Å². The van der Waals surface area contributed by atoms with Gasteiger partial charge in [0, 0.05) is 23.9 Å². The topological polar surface area (TPSA) is 64.9 Å². The molecule has 19 heavy (non-hydrogen) atoms. The van der Waals surface area contributed by atoms with Crippen LogP contribution in [0.4, 0.5) is 5.82 Å². The number of nitrogens with two attached hydrogens (primary N) is 1. The molecule has 0 amide bonds. The van der Waals surface area contributed by atoms with Gasteiger partial charge in [-0.3, -0.25) is 4.98 Å². The molecule has 0 unspecified atom stereocenters. The molecule has 4 nitrogen and oxygen atoms in total. The fourth-order valence-electron chi connectivity index (χ4n) is 2.50. The number of nitrogen functional groups attached to an aromatic ring is 1. The molecule has 102 valence electrons. The molecule has 2 rings (SSSR count). The standard InChI is InChI=1S/C15H21N3O/c1-3-6-11(7-4-2)14-13(15(16)18-19-14)12-8-5-9-17-10-12/h5,8-11H,3-4,6-7H2,1-2H3,(H2,16,18). The van der Waals surface area contributed by atoms with Crippen molar-refractivity contribution >= 4 is 5.82 Å². The number of pyridine rings is 1. The predicted octanol–water partition coefficient (Wildman–Crippen LogP) is 4.00. The fraction of sp³-hybridized carbons (Fsp3) is 0.467. The summed E-state index contributed by atoms with van der Waals surface area (Å²) in [6.45, 7) is 4.37. The lowest BCUT2D eigenvalue weighted by Gasteiger charge is -2.13. The molecule has 4 heteroatoms. The Bertz CT molecular complexity index is 501. The van der Waals surface area contributed by atoms with Gasteiger partial charge >= 0.3 is 0 Å². The van der Waals surface area contributed by atoms with Gasteiger partial charge in [0.1, 0.15) is 5.76 Å². The summed E-state index contributed by atoms with van der Waals surface area (Å²) in [5, 5.41) is 3.95. The monoisotopic (exact) mass is 259 g/mol. The van der Waals surface area contributed by atoms with E-state index in [1.165, 1.54) is 0 Å². The maximum absolute atomic E-state index is 5.97. The van der Waals surface area contributed by atoms with Crippen molar-refractivity contribution in [3.8, 4) is 11.1 Å². The molecule has 2 aromatic rings. The lowest BCUT2D eigenvalue weighted by atomic mass is 9.91. The first-order chi connectivity index (χ1) is 9.27. The quantitative estimate of drug-likeness (QED) is 0.851. The number of aromatic nitrogens is 2. The Hall–Kier alpha value is -1.84. The van der Waals surface area contributed by atoms with Gasteiger partial charge in [0.2, 0.25) is 0 Å². The highest BCUT2D eigenvalue weighted by Crippen LogP contribution is 2.37.